The van der Waals surface area contributed by atoms with Crippen molar-refractivity contribution in [1.82, 2.24) is 0 Å². The summed E-state index contributed by atoms with van der Waals surface area (Å²) >= 11 is 0. The van der Waals surface area contributed by atoms with Crippen molar-refractivity contribution in [1.29, 1.82) is 0 Å². The monoisotopic (exact) mass is 243 g/mol. The molecule has 0 aliphatic carbocycles. The van der Waals surface area contributed by atoms with Crippen LogP contribution in [0.5, 0.6) is 0 Å². The van der Waals surface area contributed by atoms with Crippen LogP contribution >= 0.6 is 0 Å². The van der Waals surface area contributed by atoms with E-state index in [9.17, 15) is 0 Å². The number of hydrogen-bond donors (Lipinski definition) is 1. The molecule has 0 saturated carbocycles. The highest BCUT2D eigenvalue weighted by atomic mass is 16.7. The molecule has 3 heteroatoms. The van der Waals surface area contributed by atoms with Crippen LogP contribution in [0.1, 0.15) is 11.1 Å². The predicted molar refractivity (Wildman–Crippen MR) is 71.7 cm³/mol. The van der Waals surface area contributed by atoms with Gasteiger partial charge in [0.25, 0.3) is 0 Å². The SMILES string of the molecule is Nc1ccc(COCOCc2ccccc2)cc1. The van der Waals surface area contributed by atoms with Gasteiger partial charge in [0.2, 0.25) is 0 Å². The van der Waals surface area contributed by atoms with Crippen LogP contribution in [-0.4, -0.2) is 6.79 Å². The van der Waals surface area contributed by atoms with Gasteiger partial charge in [0.05, 0.1) is 13.2 Å². The number of hydrogen-bond acceptors (Lipinski definition) is 3. The molecule has 0 aliphatic rings. The number of benzene rings is 2. The first kappa shape index (κ1) is 12.6. The molecular weight excluding hydrogens is 226 g/mol. The Balaban J connectivity index is 1.63. The molecule has 0 saturated heterocycles. The Morgan fingerprint density at radius 1 is 0.722 bits per heavy atom. The minimum Gasteiger partial charge on any atom is -0.399 e. The maximum Gasteiger partial charge on any atom is 0.147 e. The molecule has 0 atom stereocenters. The molecule has 18 heavy (non-hydrogen) atoms. The predicted octanol–water partition coefficient (Wildman–Crippen LogP) is 2.96. The van der Waals surface area contributed by atoms with Crippen molar-refractivity contribution in [3.8, 4) is 0 Å². The van der Waals surface area contributed by atoms with Gasteiger partial charge in [0.15, 0.2) is 0 Å². The lowest BCUT2D eigenvalue weighted by Gasteiger charge is -2.06. The summed E-state index contributed by atoms with van der Waals surface area (Å²) in [4.78, 5) is 0. The molecule has 0 aliphatic heterocycles. The van der Waals surface area contributed by atoms with E-state index in [2.05, 4.69) is 0 Å². The van der Waals surface area contributed by atoms with E-state index in [1.54, 1.807) is 0 Å². The van der Waals surface area contributed by atoms with Crippen LogP contribution < -0.4 is 5.73 Å². The standard InChI is InChI=1S/C15H17NO2/c16-15-8-6-14(7-9-15)11-18-12-17-10-13-4-2-1-3-5-13/h1-9H,10-12,16H2. The van der Waals surface area contributed by atoms with Crippen LogP contribution in [0.15, 0.2) is 54.6 Å². The third-order valence-electron chi connectivity index (χ3n) is 2.53. The summed E-state index contributed by atoms with van der Waals surface area (Å²) in [6.45, 7) is 1.40. The summed E-state index contributed by atoms with van der Waals surface area (Å²) in [5.74, 6) is 0. The zero-order valence-electron chi connectivity index (χ0n) is 10.2. The molecule has 0 fully saturated rings. The van der Waals surface area contributed by atoms with E-state index in [1.165, 1.54) is 0 Å². The average molecular weight is 243 g/mol. The molecule has 2 aromatic rings. The lowest BCUT2D eigenvalue weighted by atomic mass is 10.2. The molecule has 2 rings (SSSR count). The van der Waals surface area contributed by atoms with Gasteiger partial charge in [-0.2, -0.15) is 0 Å². The van der Waals surface area contributed by atoms with E-state index < -0.39 is 0 Å². The van der Waals surface area contributed by atoms with E-state index in [0.717, 1.165) is 16.8 Å². The van der Waals surface area contributed by atoms with Crippen molar-refractivity contribution >= 4 is 5.69 Å². The first-order chi connectivity index (χ1) is 8.84. The normalized spacial score (nSPS) is 10.4. The Bertz CT molecular complexity index is 454. The number of nitrogen functional groups attached to an aromatic ring is 1. The van der Waals surface area contributed by atoms with E-state index in [0.29, 0.717) is 20.0 Å². The summed E-state index contributed by atoms with van der Waals surface area (Å²) in [6.07, 6.45) is 0. The smallest absolute Gasteiger partial charge is 0.147 e. The summed E-state index contributed by atoms with van der Waals surface area (Å²) < 4.78 is 10.8. The van der Waals surface area contributed by atoms with Gasteiger partial charge in [-0.3, -0.25) is 0 Å². The van der Waals surface area contributed by atoms with Crippen LogP contribution in [0.25, 0.3) is 0 Å². The fraction of sp³-hybridized carbons (Fsp3) is 0.200. The molecule has 3 nitrogen and oxygen atoms in total. The van der Waals surface area contributed by atoms with Gasteiger partial charge in [-0.15, -0.1) is 0 Å². The molecule has 0 bridgehead atoms. The van der Waals surface area contributed by atoms with Crippen LogP contribution in [0, 0.1) is 0 Å². The highest BCUT2D eigenvalue weighted by molar-refractivity contribution is 5.39. The summed E-state index contributed by atoms with van der Waals surface area (Å²) in [5.41, 5.74) is 8.60. The first-order valence-electron chi connectivity index (χ1n) is 5.88. The van der Waals surface area contributed by atoms with Crippen molar-refractivity contribution in [3.05, 3.63) is 65.7 Å². The zero-order valence-corrected chi connectivity index (χ0v) is 10.2. The van der Waals surface area contributed by atoms with Gasteiger partial charge in [0.1, 0.15) is 6.79 Å². The van der Waals surface area contributed by atoms with Crippen molar-refractivity contribution < 1.29 is 9.47 Å². The molecule has 0 amide bonds. The second-order valence-electron chi connectivity index (χ2n) is 4.04. The number of ether oxygens (including phenoxy) is 2. The average Bonchev–Trinajstić information content (AvgIpc) is 2.42. The molecule has 0 radical (unpaired) electrons. The second-order valence-corrected chi connectivity index (χ2v) is 4.04. The number of rotatable bonds is 6. The Labute approximate surface area is 107 Å². The fourth-order valence-electron chi connectivity index (χ4n) is 1.57. The van der Waals surface area contributed by atoms with Crippen LogP contribution in [0.4, 0.5) is 5.69 Å². The molecule has 0 heterocycles. The Hall–Kier alpha value is -1.84. The van der Waals surface area contributed by atoms with Crippen molar-refractivity contribution in [2.24, 2.45) is 0 Å². The maximum atomic E-state index is 5.60. The fourth-order valence-corrected chi connectivity index (χ4v) is 1.57. The molecule has 2 N–H and O–H groups in total. The lowest BCUT2D eigenvalue weighted by Crippen LogP contribution is -2.00. The molecule has 0 spiro atoms. The van der Waals surface area contributed by atoms with Gasteiger partial charge in [-0.05, 0) is 23.3 Å². The molecule has 94 valence electrons. The highest BCUT2D eigenvalue weighted by Crippen LogP contribution is 2.07. The van der Waals surface area contributed by atoms with Gasteiger partial charge in [0, 0.05) is 5.69 Å². The third-order valence-corrected chi connectivity index (χ3v) is 2.53. The van der Waals surface area contributed by atoms with Crippen molar-refractivity contribution in [2.75, 3.05) is 12.5 Å². The largest absolute Gasteiger partial charge is 0.399 e. The summed E-state index contributed by atoms with van der Waals surface area (Å²) in [5, 5.41) is 0. The van der Waals surface area contributed by atoms with E-state index in [1.807, 2.05) is 54.6 Å². The molecular formula is C15H17NO2. The molecule has 0 unspecified atom stereocenters. The number of nitrogens with two attached hydrogens (primary N) is 1. The van der Waals surface area contributed by atoms with Crippen molar-refractivity contribution in [2.45, 2.75) is 13.2 Å². The third kappa shape index (κ3) is 4.20. The minimum absolute atomic E-state index is 0.291. The second kappa shape index (κ2) is 6.79. The van der Waals surface area contributed by atoms with Crippen LogP contribution in [-0.2, 0) is 22.7 Å². The Morgan fingerprint density at radius 3 is 1.89 bits per heavy atom. The van der Waals surface area contributed by atoms with E-state index >= 15 is 0 Å². The van der Waals surface area contributed by atoms with Crippen LogP contribution in [0.3, 0.4) is 0 Å². The quantitative estimate of drug-likeness (QED) is 0.482. The van der Waals surface area contributed by atoms with Gasteiger partial charge < -0.3 is 15.2 Å². The van der Waals surface area contributed by atoms with Gasteiger partial charge in [-0.1, -0.05) is 42.5 Å². The molecule has 2 aromatic carbocycles. The first-order valence-corrected chi connectivity index (χ1v) is 5.88. The molecule has 0 aromatic heterocycles. The Kier molecular flexibility index (Phi) is 4.76. The number of anilines is 1. The minimum atomic E-state index is 0.291. The van der Waals surface area contributed by atoms with E-state index in [-0.39, 0.29) is 0 Å². The maximum absolute atomic E-state index is 5.60. The zero-order chi connectivity index (χ0) is 12.6. The van der Waals surface area contributed by atoms with Gasteiger partial charge >= 0.3 is 0 Å². The van der Waals surface area contributed by atoms with Crippen molar-refractivity contribution in [3.63, 3.8) is 0 Å². The topological polar surface area (TPSA) is 44.5 Å². The van der Waals surface area contributed by atoms with Gasteiger partial charge in [-0.25, -0.2) is 0 Å². The van der Waals surface area contributed by atoms with Crippen LogP contribution in [0.2, 0.25) is 0 Å². The lowest BCUT2D eigenvalue weighted by molar-refractivity contribution is -0.0689. The summed E-state index contributed by atoms with van der Waals surface area (Å²) in [7, 11) is 0. The summed E-state index contributed by atoms with van der Waals surface area (Å²) in [6, 6.07) is 17.7. The Morgan fingerprint density at radius 2 is 1.28 bits per heavy atom. The van der Waals surface area contributed by atoms with E-state index in [4.69, 9.17) is 15.2 Å². The highest BCUT2D eigenvalue weighted by Gasteiger charge is 1.94.